The summed E-state index contributed by atoms with van der Waals surface area (Å²) in [5.41, 5.74) is 0.894. The van der Waals surface area contributed by atoms with Gasteiger partial charge in [-0.15, -0.1) is 11.8 Å². The van der Waals surface area contributed by atoms with Crippen molar-refractivity contribution in [1.82, 2.24) is 0 Å². The van der Waals surface area contributed by atoms with Crippen molar-refractivity contribution in [3.63, 3.8) is 0 Å². The third kappa shape index (κ3) is 3.28. The molecule has 0 saturated heterocycles. The third-order valence-electron chi connectivity index (χ3n) is 1.79. The zero-order valence-electron chi connectivity index (χ0n) is 7.90. The molecule has 0 fully saturated rings. The molecule has 0 bridgehead atoms. The van der Waals surface area contributed by atoms with Crippen LogP contribution in [0.15, 0.2) is 27.6 Å². The quantitative estimate of drug-likeness (QED) is 0.831. The van der Waals surface area contributed by atoms with Crippen molar-refractivity contribution in [2.75, 3.05) is 12.4 Å². The number of hydrogen-bond acceptors (Lipinski definition) is 3. The maximum absolute atomic E-state index is 9.35. The van der Waals surface area contributed by atoms with Crippen LogP contribution in [-0.2, 0) is 0 Å². The van der Waals surface area contributed by atoms with Crippen LogP contribution in [0.3, 0.4) is 0 Å². The minimum absolute atomic E-state index is 0.176. The van der Waals surface area contributed by atoms with Gasteiger partial charge in [0, 0.05) is 15.1 Å². The fourth-order valence-electron chi connectivity index (χ4n) is 1.05. The Balaban J connectivity index is 2.79. The molecule has 1 aromatic rings. The van der Waals surface area contributed by atoms with Gasteiger partial charge in [-0.25, -0.2) is 0 Å². The van der Waals surface area contributed by atoms with Crippen LogP contribution in [0.5, 0.6) is 0 Å². The minimum Gasteiger partial charge on any atom is -0.396 e. The number of thioether (sulfide) groups is 1. The molecule has 0 heterocycles. The minimum atomic E-state index is -0.441. The Bertz CT molecular complexity index is 302. The summed E-state index contributed by atoms with van der Waals surface area (Å²) in [4.78, 5) is 1.09. The number of halogens is 1. The Morgan fingerprint density at radius 1 is 1.50 bits per heavy atom. The van der Waals surface area contributed by atoms with Crippen LogP contribution in [0.1, 0.15) is 18.6 Å². The average Bonchev–Trinajstić information content (AvgIpc) is 2.15. The molecule has 1 rings (SSSR count). The predicted octanol–water partition coefficient (Wildman–Crippen LogP) is 2.59. The van der Waals surface area contributed by atoms with Gasteiger partial charge in [0.25, 0.3) is 0 Å². The molecule has 0 aliphatic carbocycles. The van der Waals surface area contributed by atoms with Crippen molar-refractivity contribution >= 4 is 27.7 Å². The van der Waals surface area contributed by atoms with E-state index >= 15 is 0 Å². The molecule has 2 N–H and O–H groups in total. The van der Waals surface area contributed by atoms with Crippen molar-refractivity contribution in [1.29, 1.82) is 0 Å². The number of aliphatic hydroxyl groups excluding tert-OH is 2. The van der Waals surface area contributed by atoms with Crippen LogP contribution < -0.4 is 0 Å². The van der Waals surface area contributed by atoms with Crippen LogP contribution in [0.25, 0.3) is 0 Å². The molecule has 0 aliphatic rings. The highest BCUT2D eigenvalue weighted by atomic mass is 79.9. The van der Waals surface area contributed by atoms with Gasteiger partial charge in [0.1, 0.15) is 0 Å². The van der Waals surface area contributed by atoms with Crippen molar-refractivity contribution < 1.29 is 10.2 Å². The average molecular weight is 277 g/mol. The predicted molar refractivity (Wildman–Crippen MR) is 62.6 cm³/mol. The van der Waals surface area contributed by atoms with E-state index in [2.05, 4.69) is 15.9 Å². The fourth-order valence-corrected chi connectivity index (χ4v) is 2.46. The van der Waals surface area contributed by atoms with Gasteiger partial charge in [-0.2, -0.15) is 0 Å². The molecule has 1 aromatic carbocycles. The van der Waals surface area contributed by atoms with Crippen LogP contribution >= 0.6 is 27.7 Å². The SMILES string of the molecule is C[C@@H](O)c1ccc(SCCO)c(Br)c1. The summed E-state index contributed by atoms with van der Waals surface area (Å²) in [6.45, 7) is 1.91. The lowest BCUT2D eigenvalue weighted by Gasteiger charge is -2.08. The molecule has 78 valence electrons. The number of hydrogen-bond donors (Lipinski definition) is 2. The van der Waals surface area contributed by atoms with E-state index < -0.39 is 6.10 Å². The highest BCUT2D eigenvalue weighted by molar-refractivity contribution is 9.10. The molecular formula is C10H13BrO2S. The zero-order valence-corrected chi connectivity index (χ0v) is 10.3. The van der Waals surface area contributed by atoms with Crippen molar-refractivity contribution in [3.05, 3.63) is 28.2 Å². The summed E-state index contributed by atoms with van der Waals surface area (Å²) in [5, 5.41) is 18.0. The molecule has 1 atom stereocenters. The number of benzene rings is 1. The lowest BCUT2D eigenvalue weighted by atomic mass is 10.1. The van der Waals surface area contributed by atoms with E-state index in [0.29, 0.717) is 5.75 Å². The van der Waals surface area contributed by atoms with E-state index in [-0.39, 0.29) is 6.61 Å². The topological polar surface area (TPSA) is 40.5 Å². The normalized spacial score (nSPS) is 12.9. The van der Waals surface area contributed by atoms with Crippen LogP contribution in [0.4, 0.5) is 0 Å². The van der Waals surface area contributed by atoms with Gasteiger partial charge in [-0.05, 0) is 40.5 Å². The van der Waals surface area contributed by atoms with Gasteiger partial charge in [0.15, 0.2) is 0 Å². The Morgan fingerprint density at radius 3 is 2.71 bits per heavy atom. The zero-order chi connectivity index (χ0) is 10.6. The number of rotatable bonds is 4. The largest absolute Gasteiger partial charge is 0.396 e. The number of aliphatic hydroxyl groups is 2. The summed E-state index contributed by atoms with van der Waals surface area (Å²) >= 11 is 5.02. The summed E-state index contributed by atoms with van der Waals surface area (Å²) in [6, 6.07) is 5.76. The molecule has 0 aliphatic heterocycles. The second-order valence-corrected chi connectivity index (χ2v) is 4.93. The molecular weight excluding hydrogens is 264 g/mol. The summed E-state index contributed by atoms with van der Waals surface area (Å²) in [5.74, 6) is 0.687. The molecule has 0 radical (unpaired) electrons. The molecule has 0 aromatic heterocycles. The van der Waals surface area contributed by atoms with Crippen molar-refractivity contribution in [2.24, 2.45) is 0 Å². The third-order valence-corrected chi connectivity index (χ3v) is 3.76. The van der Waals surface area contributed by atoms with E-state index in [1.54, 1.807) is 18.7 Å². The van der Waals surface area contributed by atoms with E-state index in [1.165, 1.54) is 0 Å². The van der Waals surface area contributed by atoms with E-state index in [9.17, 15) is 5.11 Å². The monoisotopic (exact) mass is 276 g/mol. The molecule has 0 amide bonds. The second-order valence-electron chi connectivity index (χ2n) is 2.94. The first-order valence-electron chi connectivity index (χ1n) is 4.36. The highest BCUT2D eigenvalue weighted by Crippen LogP contribution is 2.29. The maximum atomic E-state index is 9.35. The second kappa shape index (κ2) is 5.75. The molecule has 0 unspecified atom stereocenters. The summed E-state index contributed by atoms with van der Waals surface area (Å²) in [7, 11) is 0. The molecule has 0 spiro atoms. The highest BCUT2D eigenvalue weighted by Gasteiger charge is 2.05. The first kappa shape index (κ1) is 12.0. The summed E-state index contributed by atoms with van der Waals surface area (Å²) < 4.78 is 0.967. The van der Waals surface area contributed by atoms with Gasteiger partial charge in [-0.3, -0.25) is 0 Å². The molecule has 4 heteroatoms. The Hall–Kier alpha value is -0.0300. The smallest absolute Gasteiger partial charge is 0.0762 e. The van der Waals surface area contributed by atoms with Gasteiger partial charge in [0.05, 0.1) is 12.7 Å². The van der Waals surface area contributed by atoms with Gasteiger partial charge in [0.2, 0.25) is 0 Å². The van der Waals surface area contributed by atoms with Crippen LogP contribution in [-0.4, -0.2) is 22.6 Å². The fraction of sp³-hybridized carbons (Fsp3) is 0.400. The molecule has 0 saturated carbocycles. The summed E-state index contributed by atoms with van der Waals surface area (Å²) in [6.07, 6.45) is -0.441. The Labute approximate surface area is 96.5 Å². The van der Waals surface area contributed by atoms with E-state index in [1.807, 2.05) is 18.2 Å². The lowest BCUT2D eigenvalue weighted by molar-refractivity contribution is 0.199. The Kier molecular flexibility index (Phi) is 4.95. The molecule has 2 nitrogen and oxygen atoms in total. The standard InChI is InChI=1S/C10H13BrO2S/c1-7(13)8-2-3-10(9(11)6-8)14-5-4-12/h2-3,6-7,12-13H,4-5H2,1H3/t7-/m1/s1. The van der Waals surface area contributed by atoms with E-state index in [0.717, 1.165) is 14.9 Å². The molecule has 14 heavy (non-hydrogen) atoms. The first-order valence-corrected chi connectivity index (χ1v) is 6.14. The van der Waals surface area contributed by atoms with Gasteiger partial charge in [-0.1, -0.05) is 6.07 Å². The van der Waals surface area contributed by atoms with Crippen molar-refractivity contribution in [2.45, 2.75) is 17.9 Å². The van der Waals surface area contributed by atoms with E-state index in [4.69, 9.17) is 5.11 Å². The van der Waals surface area contributed by atoms with Crippen LogP contribution in [0, 0.1) is 0 Å². The van der Waals surface area contributed by atoms with Crippen molar-refractivity contribution in [3.8, 4) is 0 Å². The van der Waals surface area contributed by atoms with Crippen LogP contribution in [0.2, 0.25) is 0 Å². The lowest BCUT2D eigenvalue weighted by Crippen LogP contribution is -1.92. The van der Waals surface area contributed by atoms with Gasteiger partial charge < -0.3 is 10.2 Å². The first-order chi connectivity index (χ1) is 6.65. The Morgan fingerprint density at radius 2 is 2.21 bits per heavy atom. The maximum Gasteiger partial charge on any atom is 0.0762 e. The van der Waals surface area contributed by atoms with Gasteiger partial charge >= 0.3 is 0 Å².